The number of hydrogen-bond donors (Lipinski definition) is 0. The normalized spacial score (nSPS) is 10.3. The van der Waals surface area contributed by atoms with E-state index in [0.29, 0.717) is 0 Å². The zero-order valence-electron chi connectivity index (χ0n) is 8.08. The van der Waals surface area contributed by atoms with Crippen molar-refractivity contribution in [3.63, 3.8) is 0 Å². The molecule has 0 saturated carbocycles. The molecule has 2 aromatic rings. The van der Waals surface area contributed by atoms with Gasteiger partial charge in [-0.1, -0.05) is 12.1 Å². The lowest BCUT2D eigenvalue weighted by atomic mass is 10.2. The van der Waals surface area contributed by atoms with Gasteiger partial charge in [-0.05, 0) is 18.6 Å². The summed E-state index contributed by atoms with van der Waals surface area (Å²) in [4.78, 5) is 4.57. The molecule has 0 atom stereocenters. The van der Waals surface area contributed by atoms with Gasteiger partial charge < -0.3 is 0 Å². The van der Waals surface area contributed by atoms with Crippen LogP contribution in [0.2, 0.25) is 0 Å². The van der Waals surface area contributed by atoms with Crippen LogP contribution in [0.3, 0.4) is 0 Å². The first-order valence-corrected chi connectivity index (χ1v) is 5.41. The van der Waals surface area contributed by atoms with Gasteiger partial charge in [-0.15, -0.1) is 23.7 Å². The number of benzene rings is 1. The summed E-state index contributed by atoms with van der Waals surface area (Å²) < 4.78 is 1.26. The molecule has 0 amide bonds. The van der Waals surface area contributed by atoms with Crippen molar-refractivity contribution in [3.05, 3.63) is 28.8 Å². The summed E-state index contributed by atoms with van der Waals surface area (Å²) in [6, 6.07) is 6.27. The molecule has 0 radical (unpaired) electrons. The summed E-state index contributed by atoms with van der Waals surface area (Å²) in [5, 5.41) is 1.15. The van der Waals surface area contributed by atoms with Crippen LogP contribution >= 0.6 is 11.3 Å². The van der Waals surface area contributed by atoms with Crippen molar-refractivity contribution < 1.29 is 0 Å². The number of terminal acetylenes is 1. The lowest BCUT2D eigenvalue weighted by molar-refractivity contribution is 1.01. The molecule has 2 rings (SSSR count). The van der Waals surface area contributed by atoms with Gasteiger partial charge >= 0.3 is 0 Å². The molecule has 1 aromatic heterocycles. The first-order valence-electron chi connectivity index (χ1n) is 4.60. The third-order valence-electron chi connectivity index (χ3n) is 2.15. The first-order chi connectivity index (χ1) is 6.81. The second-order valence-electron chi connectivity index (χ2n) is 3.23. The Bertz CT molecular complexity index is 490. The van der Waals surface area contributed by atoms with Crippen molar-refractivity contribution in [1.29, 1.82) is 0 Å². The molecule has 0 aliphatic heterocycles. The smallest absolute Gasteiger partial charge is 0.0948 e. The Balaban J connectivity index is 2.42. The summed E-state index contributed by atoms with van der Waals surface area (Å²) in [5.41, 5.74) is 2.37. The molecule has 0 bridgehead atoms. The minimum atomic E-state index is 0.777. The van der Waals surface area contributed by atoms with Crippen LogP contribution in [0.15, 0.2) is 18.2 Å². The molecule has 0 unspecified atom stereocenters. The third kappa shape index (κ3) is 1.64. The van der Waals surface area contributed by atoms with E-state index in [1.807, 2.05) is 0 Å². The minimum absolute atomic E-state index is 0.777. The van der Waals surface area contributed by atoms with Crippen molar-refractivity contribution in [1.82, 2.24) is 4.98 Å². The van der Waals surface area contributed by atoms with E-state index in [-0.39, 0.29) is 0 Å². The SMILES string of the molecule is C#CCCc1nc2c(C)cccc2s1. The van der Waals surface area contributed by atoms with E-state index >= 15 is 0 Å². The number of hydrogen-bond acceptors (Lipinski definition) is 2. The second-order valence-corrected chi connectivity index (χ2v) is 4.35. The molecule has 1 nitrogen and oxygen atoms in total. The van der Waals surface area contributed by atoms with Crippen LogP contribution in [0.1, 0.15) is 17.0 Å². The van der Waals surface area contributed by atoms with Crippen LogP contribution in [0, 0.1) is 19.3 Å². The second kappa shape index (κ2) is 3.81. The van der Waals surface area contributed by atoms with Gasteiger partial charge in [0, 0.05) is 12.8 Å². The highest BCUT2D eigenvalue weighted by Crippen LogP contribution is 2.24. The molecule has 1 aromatic carbocycles. The number of nitrogens with zero attached hydrogens (tertiary/aromatic N) is 1. The Labute approximate surface area is 87.8 Å². The largest absolute Gasteiger partial charge is 0.241 e. The molecule has 1 heterocycles. The molecule has 0 N–H and O–H groups in total. The monoisotopic (exact) mass is 201 g/mol. The summed E-state index contributed by atoms with van der Waals surface area (Å²) in [5.74, 6) is 2.64. The quantitative estimate of drug-likeness (QED) is 0.680. The van der Waals surface area contributed by atoms with Crippen LogP contribution in [-0.2, 0) is 6.42 Å². The molecule has 0 aliphatic carbocycles. The Morgan fingerprint density at radius 2 is 2.36 bits per heavy atom. The fraction of sp³-hybridized carbons (Fsp3) is 0.250. The number of para-hydroxylation sites is 1. The van der Waals surface area contributed by atoms with E-state index in [1.165, 1.54) is 10.3 Å². The summed E-state index contributed by atoms with van der Waals surface area (Å²) in [6.07, 6.45) is 6.90. The Hall–Kier alpha value is -1.33. The van der Waals surface area contributed by atoms with Crippen LogP contribution in [0.4, 0.5) is 0 Å². The predicted molar refractivity (Wildman–Crippen MR) is 61.5 cm³/mol. The van der Waals surface area contributed by atoms with Gasteiger partial charge in [-0.25, -0.2) is 4.98 Å². The van der Waals surface area contributed by atoms with Gasteiger partial charge in [0.05, 0.1) is 15.2 Å². The standard InChI is InChI=1S/C12H11NS/c1-3-4-8-11-13-12-9(2)6-5-7-10(12)14-11/h1,5-7H,4,8H2,2H3. The van der Waals surface area contributed by atoms with Gasteiger partial charge in [-0.2, -0.15) is 0 Å². The topological polar surface area (TPSA) is 12.9 Å². The predicted octanol–water partition coefficient (Wildman–Crippen LogP) is 3.17. The van der Waals surface area contributed by atoms with E-state index < -0.39 is 0 Å². The molecule has 0 saturated heterocycles. The van der Waals surface area contributed by atoms with E-state index in [1.54, 1.807) is 11.3 Å². The van der Waals surface area contributed by atoms with Crippen molar-refractivity contribution in [2.75, 3.05) is 0 Å². The average Bonchev–Trinajstić information content (AvgIpc) is 2.59. The molecule has 2 heteroatoms. The van der Waals surface area contributed by atoms with E-state index in [9.17, 15) is 0 Å². The lowest BCUT2D eigenvalue weighted by Crippen LogP contribution is -1.81. The average molecular weight is 201 g/mol. The summed E-state index contributed by atoms with van der Waals surface area (Å²) >= 11 is 1.74. The minimum Gasteiger partial charge on any atom is -0.241 e. The maximum Gasteiger partial charge on any atom is 0.0948 e. The highest BCUT2D eigenvalue weighted by molar-refractivity contribution is 7.18. The third-order valence-corrected chi connectivity index (χ3v) is 3.23. The van der Waals surface area contributed by atoms with Crippen LogP contribution < -0.4 is 0 Å². The molecule has 14 heavy (non-hydrogen) atoms. The molecule has 0 aliphatic rings. The van der Waals surface area contributed by atoms with Crippen molar-refractivity contribution in [2.24, 2.45) is 0 Å². The van der Waals surface area contributed by atoms with Crippen LogP contribution in [0.5, 0.6) is 0 Å². The maximum absolute atomic E-state index is 5.23. The molecule has 0 fully saturated rings. The lowest BCUT2D eigenvalue weighted by Gasteiger charge is -1.90. The van der Waals surface area contributed by atoms with Gasteiger partial charge in [-0.3, -0.25) is 0 Å². The molecular weight excluding hydrogens is 190 g/mol. The van der Waals surface area contributed by atoms with Gasteiger partial charge in [0.2, 0.25) is 0 Å². The number of fused-ring (bicyclic) bond motifs is 1. The van der Waals surface area contributed by atoms with E-state index in [0.717, 1.165) is 23.4 Å². The van der Waals surface area contributed by atoms with Crippen molar-refractivity contribution >= 4 is 21.6 Å². The van der Waals surface area contributed by atoms with Crippen molar-refractivity contribution in [3.8, 4) is 12.3 Å². The zero-order chi connectivity index (χ0) is 9.97. The summed E-state index contributed by atoms with van der Waals surface area (Å²) in [6.45, 7) is 2.09. The van der Waals surface area contributed by atoms with Gasteiger partial charge in [0.15, 0.2) is 0 Å². The highest BCUT2D eigenvalue weighted by Gasteiger charge is 2.04. The highest BCUT2D eigenvalue weighted by atomic mass is 32.1. The number of aryl methyl sites for hydroxylation is 2. The molecule has 0 spiro atoms. The van der Waals surface area contributed by atoms with Gasteiger partial charge in [0.25, 0.3) is 0 Å². The van der Waals surface area contributed by atoms with Crippen molar-refractivity contribution in [2.45, 2.75) is 19.8 Å². The Kier molecular flexibility index (Phi) is 2.51. The molecule has 70 valence electrons. The van der Waals surface area contributed by atoms with Crippen LogP contribution in [-0.4, -0.2) is 4.98 Å². The fourth-order valence-electron chi connectivity index (χ4n) is 1.42. The summed E-state index contributed by atoms with van der Waals surface area (Å²) in [7, 11) is 0. The maximum atomic E-state index is 5.23. The fourth-order valence-corrected chi connectivity index (χ4v) is 2.46. The number of aromatic nitrogens is 1. The Morgan fingerprint density at radius 1 is 1.50 bits per heavy atom. The van der Waals surface area contributed by atoms with E-state index in [2.05, 4.69) is 36.0 Å². The zero-order valence-corrected chi connectivity index (χ0v) is 8.90. The number of rotatable bonds is 2. The van der Waals surface area contributed by atoms with Gasteiger partial charge in [0.1, 0.15) is 0 Å². The Morgan fingerprint density at radius 3 is 3.07 bits per heavy atom. The first kappa shape index (κ1) is 9.23. The number of thiazole rings is 1. The van der Waals surface area contributed by atoms with Crippen LogP contribution in [0.25, 0.3) is 10.2 Å². The molecular formula is C12H11NS. The van der Waals surface area contributed by atoms with E-state index in [4.69, 9.17) is 6.42 Å².